The highest BCUT2D eigenvalue weighted by Crippen LogP contribution is 2.26. The van der Waals surface area contributed by atoms with Crippen LogP contribution < -0.4 is 5.32 Å². The fourth-order valence-electron chi connectivity index (χ4n) is 2.01. The number of rotatable bonds is 3. The van der Waals surface area contributed by atoms with Crippen LogP contribution in [0.3, 0.4) is 0 Å². The summed E-state index contributed by atoms with van der Waals surface area (Å²) in [6.45, 7) is 7.58. The first-order chi connectivity index (χ1) is 10.3. The van der Waals surface area contributed by atoms with E-state index in [1.165, 1.54) is 16.2 Å². The highest BCUT2D eigenvalue weighted by atomic mass is 32.1. The van der Waals surface area contributed by atoms with Crippen molar-refractivity contribution >= 4 is 39.6 Å². The largest absolute Gasteiger partial charge is 0.329 e. The van der Waals surface area contributed by atoms with Gasteiger partial charge in [-0.15, -0.1) is 22.7 Å². The highest BCUT2D eigenvalue weighted by molar-refractivity contribution is 7.14. The molecule has 0 unspecified atom stereocenters. The zero-order valence-corrected chi connectivity index (χ0v) is 14.8. The number of carbonyl (C=O) groups excluding carboxylic acids is 2. The zero-order valence-electron chi connectivity index (χ0n) is 13.1. The Balaban J connectivity index is 2.07. The van der Waals surface area contributed by atoms with Crippen molar-refractivity contribution in [2.45, 2.75) is 33.7 Å². The smallest absolute Gasteiger partial charge is 0.315 e. The molecular formula is C14H18N4O2S2. The molecule has 0 saturated heterocycles. The second kappa shape index (κ2) is 6.53. The Morgan fingerprint density at radius 1 is 1.27 bits per heavy atom. The number of hydrogen-bond donors (Lipinski definition) is 1. The normalized spacial score (nSPS) is 12.0. The van der Waals surface area contributed by atoms with E-state index in [-0.39, 0.29) is 6.04 Å². The molecule has 2 rings (SSSR count). The standard InChI is InChI=1S/C14H18N4O2S2/c1-7-6-21-14(15-7)17-12(19)13(20)18(5)8(2)11-9(3)22-10(4)16-11/h6,8H,1-5H3,(H,15,17,19)/t8-/m1/s1. The summed E-state index contributed by atoms with van der Waals surface area (Å²) in [4.78, 5) is 35.3. The minimum atomic E-state index is -0.687. The van der Waals surface area contributed by atoms with Gasteiger partial charge in [0.1, 0.15) is 0 Å². The van der Waals surface area contributed by atoms with Gasteiger partial charge in [-0.3, -0.25) is 14.9 Å². The van der Waals surface area contributed by atoms with E-state index in [0.717, 1.165) is 21.3 Å². The van der Waals surface area contributed by atoms with Crippen LogP contribution in [0, 0.1) is 20.8 Å². The average Bonchev–Trinajstić information content (AvgIpc) is 3.01. The molecule has 22 heavy (non-hydrogen) atoms. The van der Waals surface area contributed by atoms with Gasteiger partial charge in [-0.1, -0.05) is 0 Å². The predicted molar refractivity (Wildman–Crippen MR) is 88.3 cm³/mol. The number of hydrogen-bond acceptors (Lipinski definition) is 6. The molecule has 2 amide bonds. The predicted octanol–water partition coefficient (Wildman–Crippen LogP) is 2.68. The first kappa shape index (κ1) is 16.6. The Morgan fingerprint density at radius 2 is 1.95 bits per heavy atom. The number of nitrogens with zero attached hydrogens (tertiary/aromatic N) is 3. The van der Waals surface area contributed by atoms with Crippen LogP contribution in [0.2, 0.25) is 0 Å². The van der Waals surface area contributed by atoms with E-state index in [2.05, 4.69) is 15.3 Å². The zero-order chi connectivity index (χ0) is 16.4. The quantitative estimate of drug-likeness (QED) is 0.873. The number of likely N-dealkylation sites (N-methyl/N-ethyl adjacent to an activating group) is 1. The Morgan fingerprint density at radius 3 is 2.45 bits per heavy atom. The van der Waals surface area contributed by atoms with Gasteiger partial charge >= 0.3 is 11.8 Å². The molecule has 2 aromatic heterocycles. The van der Waals surface area contributed by atoms with E-state index in [4.69, 9.17) is 0 Å². The summed E-state index contributed by atoms with van der Waals surface area (Å²) >= 11 is 2.88. The summed E-state index contributed by atoms with van der Waals surface area (Å²) in [6, 6.07) is -0.263. The van der Waals surface area contributed by atoms with Crippen LogP contribution >= 0.6 is 22.7 Å². The summed E-state index contributed by atoms with van der Waals surface area (Å²) in [5, 5.41) is 5.72. The van der Waals surface area contributed by atoms with Gasteiger partial charge in [-0.25, -0.2) is 9.97 Å². The molecule has 0 bridgehead atoms. The molecule has 1 atom stereocenters. The maximum atomic E-state index is 12.3. The van der Waals surface area contributed by atoms with Gasteiger partial charge in [-0.05, 0) is 27.7 Å². The van der Waals surface area contributed by atoms with Crippen LogP contribution in [0.4, 0.5) is 5.13 Å². The van der Waals surface area contributed by atoms with Crippen LogP contribution in [0.15, 0.2) is 5.38 Å². The second-order valence-electron chi connectivity index (χ2n) is 5.01. The molecule has 1 N–H and O–H groups in total. The number of thiazole rings is 2. The van der Waals surface area contributed by atoms with Crippen LogP contribution in [-0.2, 0) is 9.59 Å². The first-order valence-electron chi connectivity index (χ1n) is 6.73. The molecule has 0 aromatic carbocycles. The number of nitrogens with one attached hydrogen (secondary N) is 1. The molecule has 8 heteroatoms. The molecule has 0 aliphatic heterocycles. The maximum Gasteiger partial charge on any atom is 0.315 e. The molecule has 0 fully saturated rings. The fourth-order valence-corrected chi connectivity index (χ4v) is 3.61. The van der Waals surface area contributed by atoms with Gasteiger partial charge in [0, 0.05) is 17.3 Å². The van der Waals surface area contributed by atoms with E-state index >= 15 is 0 Å². The molecule has 0 aliphatic carbocycles. The summed E-state index contributed by atoms with van der Waals surface area (Å²) in [5.74, 6) is -1.29. The maximum absolute atomic E-state index is 12.3. The monoisotopic (exact) mass is 338 g/mol. The van der Waals surface area contributed by atoms with Gasteiger partial charge in [0.25, 0.3) is 0 Å². The van der Waals surface area contributed by atoms with E-state index in [0.29, 0.717) is 5.13 Å². The van der Waals surface area contributed by atoms with Crippen molar-refractivity contribution < 1.29 is 9.59 Å². The summed E-state index contributed by atoms with van der Waals surface area (Å²) in [7, 11) is 1.60. The third kappa shape index (κ3) is 3.50. The number of aromatic nitrogens is 2. The third-order valence-electron chi connectivity index (χ3n) is 3.27. The third-order valence-corrected chi connectivity index (χ3v) is 5.05. The Labute approximate surface area is 137 Å². The average molecular weight is 338 g/mol. The van der Waals surface area contributed by atoms with Gasteiger partial charge in [0.2, 0.25) is 0 Å². The van der Waals surface area contributed by atoms with Crippen molar-refractivity contribution in [1.29, 1.82) is 0 Å². The van der Waals surface area contributed by atoms with Crippen molar-refractivity contribution in [1.82, 2.24) is 14.9 Å². The van der Waals surface area contributed by atoms with Crippen LogP contribution in [0.1, 0.15) is 34.2 Å². The number of carbonyl (C=O) groups is 2. The molecule has 0 saturated carbocycles. The lowest BCUT2D eigenvalue weighted by molar-refractivity contribution is -0.143. The minimum Gasteiger partial charge on any atom is -0.329 e. The highest BCUT2D eigenvalue weighted by Gasteiger charge is 2.26. The number of amides is 2. The molecule has 118 valence electrons. The van der Waals surface area contributed by atoms with Gasteiger partial charge in [0.15, 0.2) is 5.13 Å². The summed E-state index contributed by atoms with van der Waals surface area (Å²) in [6.07, 6.45) is 0. The molecule has 0 spiro atoms. The minimum absolute atomic E-state index is 0.263. The van der Waals surface area contributed by atoms with E-state index in [1.807, 2.05) is 33.1 Å². The Bertz CT molecular complexity index is 708. The van der Waals surface area contributed by atoms with Crippen LogP contribution in [0.5, 0.6) is 0 Å². The van der Waals surface area contributed by atoms with Crippen molar-refractivity contribution in [3.8, 4) is 0 Å². The van der Waals surface area contributed by atoms with Crippen molar-refractivity contribution in [3.05, 3.63) is 26.7 Å². The molecule has 2 heterocycles. The van der Waals surface area contributed by atoms with Gasteiger partial charge in [-0.2, -0.15) is 0 Å². The second-order valence-corrected chi connectivity index (χ2v) is 7.28. The lowest BCUT2D eigenvalue weighted by atomic mass is 10.2. The molecule has 2 aromatic rings. The summed E-state index contributed by atoms with van der Waals surface area (Å²) in [5.41, 5.74) is 1.64. The Kier molecular flexibility index (Phi) is 4.92. The number of aryl methyl sites for hydroxylation is 3. The van der Waals surface area contributed by atoms with Gasteiger partial charge in [0.05, 0.1) is 22.4 Å². The fraction of sp³-hybridized carbons (Fsp3) is 0.429. The lowest BCUT2D eigenvalue weighted by Crippen LogP contribution is -2.38. The van der Waals surface area contributed by atoms with E-state index in [9.17, 15) is 9.59 Å². The molecule has 0 radical (unpaired) electrons. The molecule has 0 aliphatic rings. The molecular weight excluding hydrogens is 320 g/mol. The first-order valence-corrected chi connectivity index (χ1v) is 8.43. The van der Waals surface area contributed by atoms with Crippen molar-refractivity contribution in [2.75, 3.05) is 12.4 Å². The number of anilines is 1. The topological polar surface area (TPSA) is 75.2 Å². The van der Waals surface area contributed by atoms with Crippen molar-refractivity contribution in [2.24, 2.45) is 0 Å². The van der Waals surface area contributed by atoms with E-state index in [1.54, 1.807) is 18.4 Å². The molecule has 6 nitrogen and oxygen atoms in total. The lowest BCUT2D eigenvalue weighted by Gasteiger charge is -2.23. The SMILES string of the molecule is Cc1csc(NC(=O)C(=O)N(C)[C@H](C)c2nc(C)sc2C)n1. The van der Waals surface area contributed by atoms with Crippen LogP contribution in [0.25, 0.3) is 0 Å². The van der Waals surface area contributed by atoms with Crippen LogP contribution in [-0.4, -0.2) is 33.7 Å². The summed E-state index contributed by atoms with van der Waals surface area (Å²) < 4.78 is 0. The Hall–Kier alpha value is -1.80. The van der Waals surface area contributed by atoms with E-state index < -0.39 is 11.8 Å². The van der Waals surface area contributed by atoms with Crippen molar-refractivity contribution in [3.63, 3.8) is 0 Å². The van der Waals surface area contributed by atoms with Gasteiger partial charge < -0.3 is 4.90 Å².